The third kappa shape index (κ3) is 2.08. The molecular formula is C12H12BrN5O3. The molecular weight excluding hydrogens is 342 g/mol. The first-order chi connectivity index (χ1) is 10.1. The summed E-state index contributed by atoms with van der Waals surface area (Å²) in [5.74, 6) is 0.202. The molecule has 0 radical (unpaired) electrons. The van der Waals surface area contributed by atoms with Crippen LogP contribution in [-0.2, 0) is 4.74 Å². The van der Waals surface area contributed by atoms with Crippen LogP contribution in [0.15, 0.2) is 10.9 Å². The van der Waals surface area contributed by atoms with Gasteiger partial charge in [0.05, 0.1) is 23.7 Å². The zero-order valence-electron chi connectivity index (χ0n) is 10.8. The molecule has 2 aromatic rings. The Morgan fingerprint density at radius 2 is 2.33 bits per heavy atom. The summed E-state index contributed by atoms with van der Waals surface area (Å²) in [4.78, 5) is 8.05. The highest BCUT2D eigenvalue weighted by Gasteiger charge is 2.37. The Morgan fingerprint density at radius 1 is 1.57 bits per heavy atom. The molecule has 3 unspecified atom stereocenters. The number of halogens is 1. The van der Waals surface area contributed by atoms with Gasteiger partial charge in [0.1, 0.15) is 40.8 Å². The van der Waals surface area contributed by atoms with Gasteiger partial charge in [-0.3, -0.25) is 4.57 Å². The maximum absolute atomic E-state index is 9.87. The Kier molecular flexibility index (Phi) is 3.54. The predicted molar refractivity (Wildman–Crippen MR) is 76.0 cm³/mol. The van der Waals surface area contributed by atoms with Crippen molar-refractivity contribution >= 4 is 32.8 Å². The number of ether oxygens (including phenoxy) is 1. The van der Waals surface area contributed by atoms with Crippen LogP contribution in [0.25, 0.3) is 11.0 Å². The van der Waals surface area contributed by atoms with Crippen LogP contribution in [0, 0.1) is 11.3 Å². The summed E-state index contributed by atoms with van der Waals surface area (Å²) in [5.41, 5.74) is 6.59. The topological polar surface area (TPSA) is 130 Å². The second-order valence-corrected chi connectivity index (χ2v) is 5.47. The number of nitrogens with zero attached hydrogens (tertiary/aromatic N) is 4. The molecule has 0 bridgehead atoms. The normalized spacial score (nSPS) is 25.3. The van der Waals surface area contributed by atoms with Gasteiger partial charge in [0.2, 0.25) is 0 Å². The first-order valence-electron chi connectivity index (χ1n) is 6.22. The van der Waals surface area contributed by atoms with E-state index in [0.29, 0.717) is 21.2 Å². The lowest BCUT2D eigenvalue weighted by Gasteiger charge is -2.15. The quantitative estimate of drug-likeness (QED) is 0.706. The van der Waals surface area contributed by atoms with E-state index in [1.807, 2.05) is 0 Å². The molecule has 1 aliphatic rings. The summed E-state index contributed by atoms with van der Waals surface area (Å²) < 4.78 is 7.72. The van der Waals surface area contributed by atoms with Gasteiger partial charge >= 0.3 is 0 Å². The fourth-order valence-corrected chi connectivity index (χ4v) is 3.21. The lowest BCUT2D eigenvalue weighted by atomic mass is 10.2. The molecule has 1 aliphatic heterocycles. The zero-order valence-corrected chi connectivity index (χ0v) is 12.4. The van der Waals surface area contributed by atoms with E-state index in [1.165, 1.54) is 6.33 Å². The van der Waals surface area contributed by atoms with Crippen molar-refractivity contribution in [3.05, 3.63) is 16.5 Å². The highest BCUT2D eigenvalue weighted by atomic mass is 79.9. The standard InChI is InChI=1S/C12H12BrN5O3/c13-10-5(2-14)9-11(15)16-4-17-12(9)18(10)8-1-6(20)7(3-19)21-8/h4,6-8,19-20H,1,3H2,(H2,15,16,17). The van der Waals surface area contributed by atoms with Gasteiger partial charge in [-0.25, -0.2) is 9.97 Å². The zero-order chi connectivity index (χ0) is 15.1. The summed E-state index contributed by atoms with van der Waals surface area (Å²) in [6.07, 6.45) is -0.414. The first kappa shape index (κ1) is 14.2. The number of aromatic nitrogens is 3. The minimum absolute atomic E-state index is 0.202. The highest BCUT2D eigenvalue weighted by Crippen LogP contribution is 2.38. The van der Waals surface area contributed by atoms with Crippen molar-refractivity contribution in [3.8, 4) is 6.07 Å². The number of fused-ring (bicyclic) bond motifs is 1. The lowest BCUT2D eigenvalue weighted by Crippen LogP contribution is -2.24. The van der Waals surface area contributed by atoms with Crippen molar-refractivity contribution in [2.75, 3.05) is 12.3 Å². The van der Waals surface area contributed by atoms with Crippen molar-refractivity contribution in [2.24, 2.45) is 0 Å². The van der Waals surface area contributed by atoms with Crippen LogP contribution in [0.4, 0.5) is 5.82 Å². The molecule has 9 heteroatoms. The van der Waals surface area contributed by atoms with E-state index in [2.05, 4.69) is 32.0 Å². The largest absolute Gasteiger partial charge is 0.394 e. The van der Waals surface area contributed by atoms with E-state index < -0.39 is 18.4 Å². The van der Waals surface area contributed by atoms with Crippen LogP contribution in [-0.4, -0.2) is 43.6 Å². The van der Waals surface area contributed by atoms with Crippen LogP contribution in [0.3, 0.4) is 0 Å². The SMILES string of the molecule is N#Cc1c(Br)n(C2CC(O)C(CO)O2)c2ncnc(N)c12. The number of nitriles is 1. The molecule has 8 nitrogen and oxygen atoms in total. The van der Waals surface area contributed by atoms with Crippen LogP contribution in [0.5, 0.6) is 0 Å². The molecule has 3 heterocycles. The maximum Gasteiger partial charge on any atom is 0.149 e. The molecule has 0 saturated carbocycles. The minimum Gasteiger partial charge on any atom is -0.394 e. The maximum atomic E-state index is 9.87. The van der Waals surface area contributed by atoms with E-state index in [9.17, 15) is 15.5 Å². The number of nitrogens with two attached hydrogens (primary N) is 1. The average Bonchev–Trinajstić information content (AvgIpc) is 2.96. The summed E-state index contributed by atoms with van der Waals surface area (Å²) in [7, 11) is 0. The molecule has 3 atom stereocenters. The molecule has 1 fully saturated rings. The summed E-state index contributed by atoms with van der Waals surface area (Å²) >= 11 is 3.35. The fraction of sp³-hybridized carbons (Fsp3) is 0.417. The van der Waals surface area contributed by atoms with Crippen LogP contribution in [0.2, 0.25) is 0 Å². The monoisotopic (exact) mass is 353 g/mol. The van der Waals surface area contributed by atoms with Gasteiger partial charge in [-0.15, -0.1) is 0 Å². The average molecular weight is 354 g/mol. The third-order valence-corrected chi connectivity index (χ3v) is 4.32. The molecule has 110 valence electrons. The summed E-state index contributed by atoms with van der Waals surface area (Å²) in [5, 5.41) is 28.8. The number of anilines is 1. The van der Waals surface area contributed by atoms with Crippen molar-refractivity contribution in [2.45, 2.75) is 24.9 Å². The smallest absolute Gasteiger partial charge is 0.149 e. The molecule has 21 heavy (non-hydrogen) atoms. The molecule has 1 saturated heterocycles. The Hall–Kier alpha value is -1.73. The van der Waals surface area contributed by atoms with E-state index in [4.69, 9.17) is 10.5 Å². The minimum atomic E-state index is -0.783. The molecule has 4 N–H and O–H groups in total. The lowest BCUT2D eigenvalue weighted by molar-refractivity contribution is -0.0437. The van der Waals surface area contributed by atoms with Crippen LogP contribution < -0.4 is 5.73 Å². The van der Waals surface area contributed by atoms with Crippen molar-refractivity contribution in [1.82, 2.24) is 14.5 Å². The number of aliphatic hydroxyl groups excluding tert-OH is 2. The number of hydrogen-bond donors (Lipinski definition) is 3. The molecule has 0 amide bonds. The number of aliphatic hydroxyl groups is 2. The van der Waals surface area contributed by atoms with Gasteiger partial charge in [0.25, 0.3) is 0 Å². The fourth-order valence-electron chi connectivity index (χ4n) is 2.53. The van der Waals surface area contributed by atoms with Gasteiger partial charge in [0, 0.05) is 6.42 Å². The Morgan fingerprint density at radius 3 is 2.95 bits per heavy atom. The molecule has 3 rings (SSSR count). The first-order valence-corrected chi connectivity index (χ1v) is 7.02. The third-order valence-electron chi connectivity index (χ3n) is 3.54. The number of nitrogen functional groups attached to an aromatic ring is 1. The van der Waals surface area contributed by atoms with Crippen molar-refractivity contribution in [3.63, 3.8) is 0 Å². The Balaban J connectivity index is 2.18. The van der Waals surface area contributed by atoms with Crippen LogP contribution >= 0.6 is 15.9 Å². The van der Waals surface area contributed by atoms with Gasteiger partial charge in [-0.05, 0) is 15.9 Å². The number of rotatable bonds is 2. The van der Waals surface area contributed by atoms with E-state index in [-0.39, 0.29) is 18.8 Å². The van der Waals surface area contributed by atoms with Crippen molar-refractivity contribution < 1.29 is 14.9 Å². The summed E-state index contributed by atoms with van der Waals surface area (Å²) in [6, 6.07) is 2.06. The van der Waals surface area contributed by atoms with Crippen molar-refractivity contribution in [1.29, 1.82) is 5.26 Å². The number of hydrogen-bond acceptors (Lipinski definition) is 7. The molecule has 0 aliphatic carbocycles. The molecule has 0 spiro atoms. The molecule has 2 aromatic heterocycles. The summed E-state index contributed by atoms with van der Waals surface area (Å²) in [6.45, 7) is -0.281. The van der Waals surface area contributed by atoms with E-state index >= 15 is 0 Å². The van der Waals surface area contributed by atoms with Crippen LogP contribution in [0.1, 0.15) is 18.2 Å². The van der Waals surface area contributed by atoms with Gasteiger partial charge in [-0.2, -0.15) is 5.26 Å². The second-order valence-electron chi connectivity index (χ2n) is 4.72. The van der Waals surface area contributed by atoms with Gasteiger partial charge in [-0.1, -0.05) is 0 Å². The predicted octanol–water partition coefficient (Wildman–Crippen LogP) is 0.288. The van der Waals surface area contributed by atoms with Gasteiger partial charge in [0.15, 0.2) is 0 Å². The van der Waals surface area contributed by atoms with Gasteiger partial charge < -0.3 is 20.7 Å². The second kappa shape index (κ2) is 5.23. The Bertz CT molecular complexity index is 741. The van der Waals surface area contributed by atoms with E-state index in [0.717, 1.165) is 0 Å². The van der Waals surface area contributed by atoms with E-state index in [1.54, 1.807) is 4.57 Å². The molecule has 0 aromatic carbocycles. The highest BCUT2D eigenvalue weighted by molar-refractivity contribution is 9.10. The Labute approximate surface area is 127 Å².